The molecule has 0 bridgehead atoms. The number of hydrogen-bond donors (Lipinski definition) is 2. The second-order valence-corrected chi connectivity index (χ2v) is 9.95. The van der Waals surface area contributed by atoms with Gasteiger partial charge in [-0.25, -0.2) is 13.8 Å². The molecule has 0 aliphatic rings. The summed E-state index contributed by atoms with van der Waals surface area (Å²) < 4.78 is 34.5. The zero-order valence-electron chi connectivity index (χ0n) is 21.6. The number of nitriles is 1. The number of pyridine rings is 2. The average molecular weight is 508 g/mol. The van der Waals surface area contributed by atoms with Crippen LogP contribution in [-0.4, -0.2) is 27.6 Å². The predicted octanol–water partition coefficient (Wildman–Crippen LogP) is 6.07. The van der Waals surface area contributed by atoms with Crippen molar-refractivity contribution in [2.24, 2.45) is 5.92 Å². The van der Waals surface area contributed by atoms with Crippen molar-refractivity contribution in [2.75, 3.05) is 10.6 Å². The minimum absolute atomic E-state index is 0.0505. The quantitative estimate of drug-likeness (QED) is 0.339. The van der Waals surface area contributed by atoms with Gasteiger partial charge in [-0.1, -0.05) is 37.3 Å². The fourth-order valence-corrected chi connectivity index (χ4v) is 3.71. The first-order valence-corrected chi connectivity index (χ1v) is 12.0. The maximum absolute atomic E-state index is 15.1. The third-order valence-corrected chi connectivity index (χ3v) is 5.60. The summed E-state index contributed by atoms with van der Waals surface area (Å²) in [4.78, 5) is 20.8. The molecule has 7 nitrogen and oxygen atoms in total. The number of anilines is 3. The van der Waals surface area contributed by atoms with E-state index in [1.54, 1.807) is 20.8 Å². The lowest BCUT2D eigenvalue weighted by Crippen LogP contribution is -2.34. The number of esters is 1. The highest BCUT2D eigenvalue weighted by Crippen LogP contribution is 2.27. The van der Waals surface area contributed by atoms with Gasteiger partial charge >= 0.3 is 5.97 Å². The van der Waals surface area contributed by atoms with Crippen LogP contribution in [-0.2, 0) is 16.0 Å². The largest absolute Gasteiger partial charge is 0.460 e. The van der Waals surface area contributed by atoms with Gasteiger partial charge in [0.1, 0.15) is 17.5 Å². The standard InChI is InChI=1S/C28H31F2N5O2/c1-17(11-25(36)37-28(3,4)5)24(12-19-9-7-6-8-10-19)34-27-23(30)13-20(15-31)26(35-27)33-21-14-22(29)18(2)32-16-21/h6-10,13-14,16-17,24H,11-12H2,1-5H3,(H2,33,34,35)/t17-,24-/m1/s1. The number of aromatic nitrogens is 2. The van der Waals surface area contributed by atoms with Gasteiger partial charge in [-0.3, -0.25) is 9.78 Å². The number of benzene rings is 1. The molecule has 0 unspecified atom stereocenters. The molecule has 2 N–H and O–H groups in total. The van der Waals surface area contributed by atoms with E-state index in [1.165, 1.54) is 19.2 Å². The van der Waals surface area contributed by atoms with Crippen molar-refractivity contribution in [3.8, 4) is 6.07 Å². The number of aryl methyl sites for hydroxylation is 1. The normalized spacial score (nSPS) is 12.8. The van der Waals surface area contributed by atoms with Crippen molar-refractivity contribution < 1.29 is 18.3 Å². The lowest BCUT2D eigenvalue weighted by molar-refractivity contribution is -0.155. The molecule has 9 heteroatoms. The van der Waals surface area contributed by atoms with Crippen LogP contribution in [0.15, 0.2) is 48.7 Å². The molecular weight excluding hydrogens is 476 g/mol. The van der Waals surface area contributed by atoms with Crippen LogP contribution >= 0.6 is 0 Å². The van der Waals surface area contributed by atoms with E-state index in [-0.39, 0.29) is 46.9 Å². The average Bonchev–Trinajstić information content (AvgIpc) is 2.82. The second-order valence-electron chi connectivity index (χ2n) is 9.95. The monoisotopic (exact) mass is 507 g/mol. The molecule has 0 saturated heterocycles. The highest BCUT2D eigenvalue weighted by molar-refractivity contribution is 5.70. The number of rotatable bonds is 9. The van der Waals surface area contributed by atoms with Crippen molar-refractivity contribution in [3.63, 3.8) is 0 Å². The molecule has 1 aromatic carbocycles. The number of carbonyl (C=O) groups is 1. The lowest BCUT2D eigenvalue weighted by Gasteiger charge is -2.27. The highest BCUT2D eigenvalue weighted by Gasteiger charge is 2.26. The molecule has 2 aromatic heterocycles. The molecule has 0 radical (unpaired) electrons. The molecule has 0 amide bonds. The third-order valence-electron chi connectivity index (χ3n) is 5.60. The number of nitrogens with zero attached hydrogens (tertiary/aromatic N) is 3. The Morgan fingerprint density at radius 3 is 2.46 bits per heavy atom. The second kappa shape index (κ2) is 11.8. The molecule has 0 aliphatic heterocycles. The van der Waals surface area contributed by atoms with Crippen LogP contribution in [0.5, 0.6) is 0 Å². The molecule has 3 aromatic rings. The maximum Gasteiger partial charge on any atom is 0.306 e. The summed E-state index contributed by atoms with van der Waals surface area (Å²) in [5, 5.41) is 15.5. The molecule has 3 rings (SSSR count). The van der Waals surface area contributed by atoms with Gasteiger partial charge in [0.2, 0.25) is 0 Å². The maximum atomic E-state index is 15.1. The van der Waals surface area contributed by atoms with Crippen LogP contribution in [0.25, 0.3) is 0 Å². The van der Waals surface area contributed by atoms with Crippen molar-refractivity contribution >= 4 is 23.3 Å². The smallest absolute Gasteiger partial charge is 0.306 e. The van der Waals surface area contributed by atoms with E-state index >= 15 is 4.39 Å². The number of hydrogen-bond acceptors (Lipinski definition) is 7. The molecule has 2 atom stereocenters. The predicted molar refractivity (Wildman–Crippen MR) is 138 cm³/mol. The highest BCUT2D eigenvalue weighted by atomic mass is 19.1. The number of ether oxygens (including phenoxy) is 1. The Kier molecular flexibility index (Phi) is 8.77. The number of carbonyl (C=O) groups excluding carboxylic acids is 1. The zero-order chi connectivity index (χ0) is 27.2. The first-order valence-electron chi connectivity index (χ1n) is 12.0. The minimum atomic E-state index is -0.724. The fourth-order valence-electron chi connectivity index (χ4n) is 3.71. The first kappa shape index (κ1) is 27.5. The van der Waals surface area contributed by atoms with Gasteiger partial charge in [0, 0.05) is 12.1 Å². The van der Waals surface area contributed by atoms with E-state index in [2.05, 4.69) is 20.6 Å². The fraction of sp³-hybridized carbons (Fsp3) is 0.357. The Bertz CT molecular complexity index is 1290. The molecule has 0 fully saturated rings. The van der Waals surface area contributed by atoms with Crippen molar-refractivity contribution in [2.45, 2.75) is 59.1 Å². The SMILES string of the molecule is Cc1ncc(Nc2nc(N[C@H](Cc3ccccc3)[C@H](C)CC(=O)OC(C)(C)C)c(F)cc2C#N)cc1F. The van der Waals surface area contributed by atoms with Gasteiger partial charge in [0.05, 0.1) is 29.6 Å². The van der Waals surface area contributed by atoms with E-state index < -0.39 is 23.3 Å². The first-order chi connectivity index (χ1) is 17.4. The number of nitrogens with one attached hydrogen (secondary N) is 2. The molecule has 0 aliphatic carbocycles. The summed E-state index contributed by atoms with van der Waals surface area (Å²) in [6.07, 6.45) is 2.00. The Labute approximate surface area is 215 Å². The molecule has 0 saturated carbocycles. The Morgan fingerprint density at radius 1 is 1.14 bits per heavy atom. The number of halogens is 2. The van der Waals surface area contributed by atoms with Crippen LogP contribution in [0.3, 0.4) is 0 Å². The Morgan fingerprint density at radius 2 is 1.84 bits per heavy atom. The lowest BCUT2D eigenvalue weighted by atomic mass is 9.92. The van der Waals surface area contributed by atoms with Crippen LogP contribution in [0.1, 0.15) is 50.9 Å². The van der Waals surface area contributed by atoms with Gasteiger partial charge in [-0.15, -0.1) is 0 Å². The van der Waals surface area contributed by atoms with E-state index in [9.17, 15) is 14.4 Å². The molecule has 37 heavy (non-hydrogen) atoms. The van der Waals surface area contributed by atoms with Gasteiger partial charge < -0.3 is 15.4 Å². The van der Waals surface area contributed by atoms with E-state index in [0.717, 1.165) is 11.6 Å². The van der Waals surface area contributed by atoms with E-state index in [4.69, 9.17) is 4.74 Å². The molecular formula is C28H31F2N5O2. The van der Waals surface area contributed by atoms with Crippen molar-refractivity contribution in [1.82, 2.24) is 9.97 Å². The summed E-state index contributed by atoms with van der Waals surface area (Å²) in [6.45, 7) is 8.81. The minimum Gasteiger partial charge on any atom is -0.460 e. The summed E-state index contributed by atoms with van der Waals surface area (Å²) in [5.74, 6) is -1.91. The van der Waals surface area contributed by atoms with Gasteiger partial charge in [-0.05, 0) is 51.7 Å². The summed E-state index contributed by atoms with van der Waals surface area (Å²) >= 11 is 0. The Hall–Kier alpha value is -4.06. The van der Waals surface area contributed by atoms with E-state index in [1.807, 2.05) is 43.3 Å². The van der Waals surface area contributed by atoms with Gasteiger partial charge in [0.15, 0.2) is 17.5 Å². The summed E-state index contributed by atoms with van der Waals surface area (Å²) in [7, 11) is 0. The van der Waals surface area contributed by atoms with E-state index in [0.29, 0.717) is 6.42 Å². The molecule has 2 heterocycles. The van der Waals surface area contributed by atoms with Gasteiger partial charge in [0.25, 0.3) is 0 Å². The molecule has 194 valence electrons. The van der Waals surface area contributed by atoms with Crippen LogP contribution < -0.4 is 10.6 Å². The van der Waals surface area contributed by atoms with Crippen LogP contribution in [0, 0.1) is 35.8 Å². The third kappa shape index (κ3) is 7.97. The summed E-state index contributed by atoms with van der Waals surface area (Å²) in [5.41, 5.74) is 0.812. The molecule has 0 spiro atoms. The van der Waals surface area contributed by atoms with Crippen LogP contribution in [0.2, 0.25) is 0 Å². The zero-order valence-corrected chi connectivity index (χ0v) is 21.6. The van der Waals surface area contributed by atoms with Crippen molar-refractivity contribution in [3.05, 3.63) is 77.1 Å². The summed E-state index contributed by atoms with van der Waals surface area (Å²) in [6, 6.07) is 13.4. The van der Waals surface area contributed by atoms with Crippen molar-refractivity contribution in [1.29, 1.82) is 5.26 Å². The van der Waals surface area contributed by atoms with Crippen LogP contribution in [0.4, 0.5) is 26.1 Å². The Balaban J connectivity index is 1.90. The topological polar surface area (TPSA) is 99.9 Å². The van der Waals surface area contributed by atoms with Gasteiger partial charge in [-0.2, -0.15) is 5.26 Å².